The summed E-state index contributed by atoms with van der Waals surface area (Å²) in [5, 5.41) is 4.94. The van der Waals surface area contributed by atoms with Crippen molar-refractivity contribution in [3.8, 4) is 10.6 Å². The van der Waals surface area contributed by atoms with Crippen molar-refractivity contribution in [1.82, 2.24) is 4.98 Å². The van der Waals surface area contributed by atoms with Crippen molar-refractivity contribution in [3.63, 3.8) is 0 Å². The average molecular weight is 229 g/mol. The number of nitrogens with zero attached hydrogens (tertiary/aromatic N) is 1. The molecule has 65 valence electrons. The lowest BCUT2D eigenvalue weighted by Crippen LogP contribution is -1.79. The maximum absolute atomic E-state index is 5.99. The van der Waals surface area contributed by atoms with E-state index < -0.39 is 0 Å². The van der Waals surface area contributed by atoms with Crippen molar-refractivity contribution in [3.05, 3.63) is 39.8 Å². The maximum atomic E-state index is 5.99. The van der Waals surface area contributed by atoms with E-state index in [-0.39, 0.29) is 0 Å². The van der Waals surface area contributed by atoms with Crippen LogP contribution in [0.5, 0.6) is 0 Å². The van der Waals surface area contributed by atoms with Gasteiger partial charge in [0.15, 0.2) is 0 Å². The third kappa shape index (κ3) is 1.70. The number of halogens is 2. The highest BCUT2D eigenvalue weighted by Crippen LogP contribution is 2.35. The Morgan fingerprint density at radius 3 is 2.46 bits per heavy atom. The molecule has 1 aromatic heterocycles. The minimum absolute atomic E-state index is 0.621. The second kappa shape index (κ2) is 3.66. The van der Waals surface area contributed by atoms with Crippen molar-refractivity contribution in [2.24, 2.45) is 0 Å². The molecule has 0 aliphatic heterocycles. The summed E-state index contributed by atoms with van der Waals surface area (Å²) in [5.74, 6) is 0. The number of aromatic nitrogens is 1. The largest absolute Gasteiger partial charge is 0.244 e. The minimum Gasteiger partial charge on any atom is -0.244 e. The molecule has 0 unspecified atom stereocenters. The molecule has 0 bridgehead atoms. The van der Waals surface area contributed by atoms with Crippen molar-refractivity contribution in [2.45, 2.75) is 0 Å². The van der Waals surface area contributed by atoms with Gasteiger partial charge in [-0.3, -0.25) is 0 Å². The van der Waals surface area contributed by atoms with Gasteiger partial charge in [0.2, 0.25) is 0 Å². The van der Waals surface area contributed by atoms with Gasteiger partial charge in [0.05, 0.1) is 15.4 Å². The van der Waals surface area contributed by atoms with Crippen molar-refractivity contribution in [2.75, 3.05) is 0 Å². The van der Waals surface area contributed by atoms with E-state index in [9.17, 15) is 0 Å². The van der Waals surface area contributed by atoms with Crippen LogP contribution in [0.2, 0.25) is 10.0 Å². The normalized spacial score (nSPS) is 10.3. The standard InChI is InChI=1S/C9H4Cl2NS/c10-6-2-1-3-7(11)8(6)9-12-4-5-13-9/h1-4H. The fourth-order valence-corrected chi connectivity index (χ4v) is 2.34. The minimum atomic E-state index is 0.621. The molecule has 0 atom stereocenters. The molecule has 1 radical (unpaired) electrons. The quantitative estimate of drug-likeness (QED) is 0.722. The van der Waals surface area contributed by atoms with Gasteiger partial charge in [0.1, 0.15) is 5.01 Å². The second-order valence-corrected chi connectivity index (χ2v) is 4.02. The summed E-state index contributed by atoms with van der Waals surface area (Å²) in [6.07, 6.45) is 1.61. The summed E-state index contributed by atoms with van der Waals surface area (Å²) >= 11 is 13.4. The highest BCUT2D eigenvalue weighted by Gasteiger charge is 2.09. The zero-order valence-corrected chi connectivity index (χ0v) is 8.75. The number of thiazole rings is 1. The van der Waals surface area contributed by atoms with Crippen molar-refractivity contribution >= 4 is 34.5 Å². The van der Waals surface area contributed by atoms with Gasteiger partial charge < -0.3 is 0 Å². The van der Waals surface area contributed by atoms with Crippen LogP contribution in [0.1, 0.15) is 0 Å². The van der Waals surface area contributed by atoms with Crippen LogP contribution in [-0.4, -0.2) is 4.98 Å². The van der Waals surface area contributed by atoms with Crippen molar-refractivity contribution < 1.29 is 0 Å². The number of hydrogen-bond acceptors (Lipinski definition) is 2. The summed E-state index contributed by atoms with van der Waals surface area (Å²) in [7, 11) is 0. The van der Waals surface area contributed by atoms with E-state index in [1.165, 1.54) is 11.3 Å². The Morgan fingerprint density at radius 1 is 1.23 bits per heavy atom. The Labute approximate surface area is 90.0 Å². The molecule has 0 spiro atoms. The summed E-state index contributed by atoms with van der Waals surface area (Å²) in [6, 6.07) is 5.40. The topological polar surface area (TPSA) is 12.9 Å². The first kappa shape index (κ1) is 9.00. The van der Waals surface area contributed by atoms with Gasteiger partial charge in [0.25, 0.3) is 0 Å². The molecule has 2 rings (SSSR count). The van der Waals surface area contributed by atoms with Crippen LogP contribution in [0, 0.1) is 5.38 Å². The van der Waals surface area contributed by atoms with Crippen molar-refractivity contribution in [1.29, 1.82) is 0 Å². The first-order chi connectivity index (χ1) is 6.29. The van der Waals surface area contributed by atoms with E-state index >= 15 is 0 Å². The Morgan fingerprint density at radius 2 is 1.92 bits per heavy atom. The van der Waals surface area contributed by atoms with E-state index in [1.807, 2.05) is 6.07 Å². The molecular formula is C9H4Cl2NS. The summed E-state index contributed by atoms with van der Waals surface area (Å²) < 4.78 is 0. The zero-order chi connectivity index (χ0) is 9.26. The summed E-state index contributed by atoms with van der Waals surface area (Å²) in [5.41, 5.74) is 0.789. The fourth-order valence-electron chi connectivity index (χ4n) is 1.01. The molecule has 0 saturated carbocycles. The fraction of sp³-hybridized carbons (Fsp3) is 0. The predicted octanol–water partition coefficient (Wildman–Crippen LogP) is 3.92. The number of rotatable bonds is 1. The maximum Gasteiger partial charge on any atom is 0.126 e. The van der Waals surface area contributed by atoms with Gasteiger partial charge in [-0.15, -0.1) is 11.3 Å². The molecule has 0 N–H and O–H groups in total. The van der Waals surface area contributed by atoms with Gasteiger partial charge in [-0.25, -0.2) is 4.98 Å². The highest BCUT2D eigenvalue weighted by atomic mass is 35.5. The third-order valence-corrected chi connectivity index (χ3v) is 2.92. The van der Waals surface area contributed by atoms with Crippen LogP contribution in [0.4, 0.5) is 0 Å². The number of benzene rings is 1. The predicted molar refractivity (Wildman–Crippen MR) is 56.4 cm³/mol. The van der Waals surface area contributed by atoms with Crippen LogP contribution >= 0.6 is 34.5 Å². The molecule has 1 aromatic carbocycles. The molecule has 0 saturated heterocycles. The van der Waals surface area contributed by atoms with Gasteiger partial charge in [-0.05, 0) is 12.1 Å². The monoisotopic (exact) mass is 228 g/mol. The summed E-state index contributed by atoms with van der Waals surface area (Å²) in [4.78, 5) is 4.10. The Bertz CT molecular complexity index is 391. The van der Waals surface area contributed by atoms with E-state index in [4.69, 9.17) is 23.2 Å². The molecule has 2 aromatic rings. The third-order valence-electron chi connectivity index (χ3n) is 1.57. The van der Waals surface area contributed by atoms with Crippen LogP contribution in [-0.2, 0) is 0 Å². The molecule has 1 nitrogen and oxygen atoms in total. The first-order valence-corrected chi connectivity index (χ1v) is 5.12. The molecule has 0 fully saturated rings. The lowest BCUT2D eigenvalue weighted by Gasteiger charge is -2.01. The molecule has 13 heavy (non-hydrogen) atoms. The lowest BCUT2D eigenvalue weighted by molar-refractivity contribution is 1.41. The smallest absolute Gasteiger partial charge is 0.126 e. The SMILES string of the molecule is Clc1cccc(Cl)c1-c1nc[c]s1. The molecular weight excluding hydrogens is 225 g/mol. The van der Waals surface area contributed by atoms with Crippen LogP contribution in [0.3, 0.4) is 0 Å². The Balaban J connectivity index is 2.64. The van der Waals surface area contributed by atoms with Crippen LogP contribution < -0.4 is 0 Å². The Kier molecular flexibility index (Phi) is 2.54. The lowest BCUT2D eigenvalue weighted by atomic mass is 10.2. The van der Waals surface area contributed by atoms with Gasteiger partial charge in [-0.2, -0.15) is 0 Å². The van der Waals surface area contributed by atoms with Crippen LogP contribution in [0.25, 0.3) is 10.6 Å². The van der Waals surface area contributed by atoms with E-state index in [1.54, 1.807) is 18.3 Å². The highest BCUT2D eigenvalue weighted by molar-refractivity contribution is 7.12. The molecule has 4 heteroatoms. The second-order valence-electron chi connectivity index (χ2n) is 2.38. The van der Waals surface area contributed by atoms with Gasteiger partial charge in [0, 0.05) is 11.8 Å². The zero-order valence-electron chi connectivity index (χ0n) is 6.42. The van der Waals surface area contributed by atoms with Gasteiger partial charge in [-0.1, -0.05) is 29.3 Å². The van der Waals surface area contributed by atoms with E-state index in [0.29, 0.717) is 10.0 Å². The number of hydrogen-bond donors (Lipinski definition) is 0. The van der Waals surface area contributed by atoms with E-state index in [2.05, 4.69) is 10.4 Å². The average Bonchev–Trinajstić information content (AvgIpc) is 2.57. The summed E-state index contributed by atoms with van der Waals surface area (Å²) in [6.45, 7) is 0. The molecule has 0 aliphatic rings. The van der Waals surface area contributed by atoms with E-state index in [0.717, 1.165) is 10.6 Å². The van der Waals surface area contributed by atoms with Gasteiger partial charge >= 0.3 is 0 Å². The molecule has 1 heterocycles. The molecule has 0 aliphatic carbocycles. The first-order valence-electron chi connectivity index (χ1n) is 3.55. The van der Waals surface area contributed by atoms with Crippen LogP contribution in [0.15, 0.2) is 24.4 Å². The molecule has 0 amide bonds. The Hall–Kier alpha value is -0.570.